The summed E-state index contributed by atoms with van der Waals surface area (Å²) in [5, 5.41) is 4.21. The minimum Gasteiger partial charge on any atom is -0.481 e. The molecule has 3 aromatic carbocycles. The predicted molar refractivity (Wildman–Crippen MR) is 134 cm³/mol. The molecule has 0 spiro atoms. The molecule has 170 valence electrons. The Bertz CT molecular complexity index is 1370. The van der Waals surface area contributed by atoms with E-state index in [-0.39, 0.29) is 22.4 Å². The van der Waals surface area contributed by atoms with E-state index >= 15 is 0 Å². The van der Waals surface area contributed by atoms with Crippen molar-refractivity contribution in [3.8, 4) is 17.2 Å². The fraction of sp³-hybridized carbons (Fsp3) is 0.167. The number of fused-ring (bicyclic) bond motifs is 1. The van der Waals surface area contributed by atoms with Gasteiger partial charge in [0.2, 0.25) is 5.89 Å². The standard InChI is InChI=1S/C24H18Cl4N2O3/c1-11-4-7-18-17(8-11)30-24(33-18)15-9-14(5-6-16(15)25)29-19(31)10-32-23-21(27)12(2)20(26)13(3)22(23)28/h4-9H,10H2,1-3H3,(H,29,31). The van der Waals surface area contributed by atoms with Crippen LogP contribution in [0, 0.1) is 20.8 Å². The predicted octanol–water partition coefficient (Wildman–Crippen LogP) is 8.05. The van der Waals surface area contributed by atoms with Crippen molar-refractivity contribution in [1.82, 2.24) is 4.98 Å². The number of carbonyl (C=O) groups is 1. The molecule has 0 saturated carbocycles. The molecule has 1 amide bonds. The first kappa shape index (κ1) is 23.7. The van der Waals surface area contributed by atoms with Crippen LogP contribution in [0.15, 0.2) is 40.8 Å². The Morgan fingerprint density at radius 3 is 2.36 bits per heavy atom. The monoisotopic (exact) mass is 522 g/mol. The summed E-state index contributed by atoms with van der Waals surface area (Å²) in [6, 6.07) is 10.7. The quantitative estimate of drug-likeness (QED) is 0.287. The fourth-order valence-corrected chi connectivity index (χ4v) is 4.31. The highest BCUT2D eigenvalue weighted by atomic mass is 35.5. The molecule has 1 aromatic heterocycles. The number of carbonyl (C=O) groups excluding carboxylic acids is 1. The van der Waals surface area contributed by atoms with Gasteiger partial charge in [-0.25, -0.2) is 4.98 Å². The first-order valence-corrected chi connectivity index (χ1v) is 11.4. The van der Waals surface area contributed by atoms with Crippen molar-refractivity contribution in [1.29, 1.82) is 0 Å². The van der Waals surface area contributed by atoms with Crippen LogP contribution < -0.4 is 10.1 Å². The number of nitrogens with one attached hydrogen (secondary N) is 1. The van der Waals surface area contributed by atoms with Crippen molar-refractivity contribution in [3.63, 3.8) is 0 Å². The van der Waals surface area contributed by atoms with Crippen molar-refractivity contribution in [2.45, 2.75) is 20.8 Å². The van der Waals surface area contributed by atoms with Gasteiger partial charge in [0.15, 0.2) is 17.9 Å². The molecule has 5 nitrogen and oxygen atoms in total. The van der Waals surface area contributed by atoms with Crippen molar-refractivity contribution in [2.75, 3.05) is 11.9 Å². The molecule has 0 unspecified atom stereocenters. The van der Waals surface area contributed by atoms with Gasteiger partial charge in [-0.2, -0.15) is 0 Å². The number of hydrogen-bond donors (Lipinski definition) is 1. The second-order valence-electron chi connectivity index (χ2n) is 7.54. The van der Waals surface area contributed by atoms with Crippen LogP contribution in [-0.2, 0) is 4.79 Å². The highest BCUT2D eigenvalue weighted by Gasteiger charge is 2.19. The number of aromatic nitrogens is 1. The molecule has 4 aromatic rings. The molecule has 4 rings (SSSR count). The number of rotatable bonds is 5. The second-order valence-corrected chi connectivity index (χ2v) is 9.08. The number of hydrogen-bond acceptors (Lipinski definition) is 4. The van der Waals surface area contributed by atoms with Gasteiger partial charge in [-0.3, -0.25) is 4.79 Å². The molecule has 1 N–H and O–H groups in total. The van der Waals surface area contributed by atoms with Crippen molar-refractivity contribution in [2.24, 2.45) is 0 Å². The van der Waals surface area contributed by atoms with Gasteiger partial charge < -0.3 is 14.5 Å². The summed E-state index contributed by atoms with van der Waals surface area (Å²) in [6.07, 6.45) is 0. The topological polar surface area (TPSA) is 64.4 Å². The van der Waals surface area contributed by atoms with Gasteiger partial charge in [0.25, 0.3) is 5.91 Å². The summed E-state index contributed by atoms with van der Waals surface area (Å²) < 4.78 is 11.5. The van der Waals surface area contributed by atoms with Crippen LogP contribution >= 0.6 is 46.4 Å². The van der Waals surface area contributed by atoms with E-state index in [1.54, 1.807) is 32.0 Å². The number of halogens is 4. The van der Waals surface area contributed by atoms with Crippen LogP contribution in [0.5, 0.6) is 5.75 Å². The lowest BCUT2D eigenvalue weighted by molar-refractivity contribution is -0.118. The minimum atomic E-state index is -0.408. The third-order valence-corrected chi connectivity index (χ3v) is 6.89. The SMILES string of the molecule is Cc1ccc2oc(-c3cc(NC(=O)COc4c(Cl)c(C)c(Cl)c(C)c4Cl)ccc3Cl)nc2c1. The van der Waals surface area contributed by atoms with E-state index in [2.05, 4.69) is 10.3 Å². The fourth-order valence-electron chi connectivity index (χ4n) is 3.29. The Morgan fingerprint density at radius 1 is 0.970 bits per heavy atom. The minimum absolute atomic E-state index is 0.214. The van der Waals surface area contributed by atoms with Gasteiger partial charge >= 0.3 is 0 Å². The van der Waals surface area contributed by atoms with Crippen LogP contribution in [0.4, 0.5) is 5.69 Å². The highest BCUT2D eigenvalue weighted by molar-refractivity contribution is 6.42. The van der Waals surface area contributed by atoms with E-state index in [0.717, 1.165) is 11.1 Å². The van der Waals surface area contributed by atoms with Crippen molar-refractivity contribution in [3.05, 3.63) is 73.2 Å². The molecule has 0 aliphatic heterocycles. The number of amides is 1. The van der Waals surface area contributed by atoms with E-state index in [1.807, 2.05) is 25.1 Å². The van der Waals surface area contributed by atoms with E-state index in [9.17, 15) is 4.79 Å². The Labute approximate surface area is 210 Å². The average Bonchev–Trinajstić information content (AvgIpc) is 3.20. The summed E-state index contributed by atoms with van der Waals surface area (Å²) in [5.41, 5.74) is 4.77. The first-order chi connectivity index (χ1) is 15.7. The maximum absolute atomic E-state index is 12.5. The maximum atomic E-state index is 12.5. The third kappa shape index (κ3) is 4.78. The normalized spacial score (nSPS) is 11.1. The van der Waals surface area contributed by atoms with Crippen molar-refractivity contribution < 1.29 is 13.9 Å². The number of nitrogens with zero attached hydrogens (tertiary/aromatic N) is 1. The molecule has 1 heterocycles. The molecule has 9 heteroatoms. The largest absolute Gasteiger partial charge is 0.481 e. The van der Waals surface area contributed by atoms with Crippen LogP contribution in [0.3, 0.4) is 0 Å². The molecular weight excluding hydrogens is 506 g/mol. The zero-order chi connectivity index (χ0) is 23.9. The van der Waals surface area contributed by atoms with E-state index in [1.165, 1.54) is 0 Å². The van der Waals surface area contributed by atoms with Crippen molar-refractivity contribution >= 4 is 69.1 Å². The summed E-state index contributed by atoms with van der Waals surface area (Å²) in [5.74, 6) is 0.166. The van der Waals surface area contributed by atoms with Gasteiger partial charge in [0, 0.05) is 10.7 Å². The second kappa shape index (κ2) is 9.43. The summed E-state index contributed by atoms with van der Waals surface area (Å²) >= 11 is 25.2. The Kier molecular flexibility index (Phi) is 6.78. The Hall–Kier alpha value is -2.44. The number of anilines is 1. The van der Waals surface area contributed by atoms with Crippen LogP contribution in [0.2, 0.25) is 20.1 Å². The molecule has 0 radical (unpaired) electrons. The van der Waals surface area contributed by atoms with Gasteiger partial charge in [0.05, 0.1) is 20.6 Å². The first-order valence-electron chi connectivity index (χ1n) is 9.89. The molecule has 33 heavy (non-hydrogen) atoms. The Balaban J connectivity index is 1.53. The zero-order valence-corrected chi connectivity index (χ0v) is 20.9. The number of ether oxygens (including phenoxy) is 1. The van der Waals surface area contributed by atoms with Gasteiger partial charge in [-0.1, -0.05) is 52.5 Å². The van der Waals surface area contributed by atoms with Crippen LogP contribution in [0.1, 0.15) is 16.7 Å². The summed E-state index contributed by atoms with van der Waals surface area (Å²) in [4.78, 5) is 17.1. The smallest absolute Gasteiger partial charge is 0.262 e. The zero-order valence-electron chi connectivity index (χ0n) is 17.9. The lowest BCUT2D eigenvalue weighted by atomic mass is 10.1. The maximum Gasteiger partial charge on any atom is 0.262 e. The van der Waals surface area contributed by atoms with Gasteiger partial charge in [0.1, 0.15) is 5.52 Å². The molecular formula is C24H18Cl4N2O3. The average molecular weight is 524 g/mol. The molecule has 0 bridgehead atoms. The van der Waals surface area contributed by atoms with E-state index in [4.69, 9.17) is 55.6 Å². The third-order valence-electron chi connectivity index (χ3n) is 5.09. The molecule has 0 aliphatic carbocycles. The summed E-state index contributed by atoms with van der Waals surface area (Å²) in [6.45, 7) is 5.18. The van der Waals surface area contributed by atoms with Gasteiger partial charge in [-0.15, -0.1) is 0 Å². The molecule has 0 fully saturated rings. The Morgan fingerprint density at radius 2 is 1.67 bits per heavy atom. The molecule has 0 saturated heterocycles. The number of aryl methyl sites for hydroxylation is 1. The van der Waals surface area contributed by atoms with E-state index < -0.39 is 5.91 Å². The lowest BCUT2D eigenvalue weighted by Crippen LogP contribution is -2.20. The lowest BCUT2D eigenvalue weighted by Gasteiger charge is -2.15. The molecule has 0 aliphatic rings. The number of oxazole rings is 1. The van der Waals surface area contributed by atoms with Crippen LogP contribution in [0.25, 0.3) is 22.6 Å². The van der Waals surface area contributed by atoms with E-state index in [0.29, 0.717) is 43.9 Å². The van der Waals surface area contributed by atoms with Crippen LogP contribution in [-0.4, -0.2) is 17.5 Å². The summed E-state index contributed by atoms with van der Waals surface area (Å²) in [7, 11) is 0. The highest BCUT2D eigenvalue weighted by Crippen LogP contribution is 2.42. The number of benzene rings is 3. The molecule has 0 atom stereocenters. The van der Waals surface area contributed by atoms with Gasteiger partial charge in [-0.05, 0) is 67.8 Å².